The van der Waals surface area contributed by atoms with E-state index in [0.29, 0.717) is 0 Å². The fourth-order valence-electron chi connectivity index (χ4n) is 2.95. The van der Waals surface area contributed by atoms with Crippen LogP contribution < -0.4 is 10.6 Å². The van der Waals surface area contributed by atoms with Crippen molar-refractivity contribution in [3.05, 3.63) is 65.7 Å². The fourth-order valence-corrected chi connectivity index (χ4v) is 2.95. The highest BCUT2D eigenvalue weighted by atomic mass is 16.5. The SMILES string of the molecule is C[C@H]1[C@H](C)Nc2ccccc2[C@@H]1NC(=O)OCc1ccccc1. The van der Waals surface area contributed by atoms with Crippen molar-refractivity contribution in [3.8, 4) is 0 Å². The molecule has 23 heavy (non-hydrogen) atoms. The van der Waals surface area contributed by atoms with Crippen molar-refractivity contribution >= 4 is 11.8 Å². The maximum Gasteiger partial charge on any atom is 0.407 e. The molecule has 0 unspecified atom stereocenters. The lowest BCUT2D eigenvalue weighted by molar-refractivity contribution is 0.131. The number of para-hydroxylation sites is 1. The summed E-state index contributed by atoms with van der Waals surface area (Å²) >= 11 is 0. The number of hydrogen-bond acceptors (Lipinski definition) is 3. The van der Waals surface area contributed by atoms with Crippen molar-refractivity contribution in [2.24, 2.45) is 5.92 Å². The fraction of sp³-hybridized carbons (Fsp3) is 0.316. The van der Waals surface area contributed by atoms with E-state index in [-0.39, 0.29) is 30.7 Å². The summed E-state index contributed by atoms with van der Waals surface area (Å²) < 4.78 is 5.36. The molecule has 1 aliphatic rings. The highest BCUT2D eigenvalue weighted by Gasteiger charge is 2.32. The van der Waals surface area contributed by atoms with Crippen molar-refractivity contribution in [1.29, 1.82) is 0 Å². The van der Waals surface area contributed by atoms with Crippen LogP contribution in [0, 0.1) is 5.92 Å². The third-order valence-corrected chi connectivity index (χ3v) is 4.48. The van der Waals surface area contributed by atoms with Gasteiger partial charge in [0.05, 0.1) is 6.04 Å². The van der Waals surface area contributed by atoms with Gasteiger partial charge < -0.3 is 15.4 Å². The lowest BCUT2D eigenvalue weighted by Gasteiger charge is -2.37. The van der Waals surface area contributed by atoms with E-state index in [2.05, 4.69) is 24.5 Å². The highest BCUT2D eigenvalue weighted by Crippen LogP contribution is 2.36. The number of anilines is 1. The molecular weight excluding hydrogens is 288 g/mol. The molecule has 0 radical (unpaired) electrons. The Morgan fingerprint density at radius 1 is 1.09 bits per heavy atom. The van der Waals surface area contributed by atoms with E-state index in [1.165, 1.54) is 0 Å². The molecule has 3 rings (SSSR count). The van der Waals surface area contributed by atoms with Crippen molar-refractivity contribution in [3.63, 3.8) is 0 Å². The summed E-state index contributed by atoms with van der Waals surface area (Å²) in [6.07, 6.45) is -0.380. The van der Waals surface area contributed by atoms with Crippen LogP contribution in [0.2, 0.25) is 0 Å². The molecule has 0 fully saturated rings. The van der Waals surface area contributed by atoms with Gasteiger partial charge in [-0.1, -0.05) is 55.5 Å². The van der Waals surface area contributed by atoms with Gasteiger partial charge in [0, 0.05) is 17.6 Å². The van der Waals surface area contributed by atoms with Gasteiger partial charge in [0.15, 0.2) is 0 Å². The summed E-state index contributed by atoms with van der Waals surface area (Å²) in [6, 6.07) is 18.0. The van der Waals surface area contributed by atoms with Gasteiger partial charge >= 0.3 is 6.09 Å². The smallest absolute Gasteiger partial charge is 0.407 e. The summed E-state index contributed by atoms with van der Waals surface area (Å²) in [5.41, 5.74) is 3.16. The van der Waals surface area contributed by atoms with E-state index in [9.17, 15) is 4.79 Å². The molecule has 1 amide bonds. The first kappa shape index (κ1) is 15.4. The predicted molar refractivity (Wildman–Crippen MR) is 91.2 cm³/mol. The number of carbonyl (C=O) groups excluding carboxylic acids is 1. The quantitative estimate of drug-likeness (QED) is 0.897. The zero-order chi connectivity index (χ0) is 16.2. The van der Waals surface area contributed by atoms with Gasteiger partial charge in [0.2, 0.25) is 0 Å². The minimum Gasteiger partial charge on any atom is -0.445 e. The number of nitrogens with one attached hydrogen (secondary N) is 2. The van der Waals surface area contributed by atoms with Crippen LogP contribution in [0.25, 0.3) is 0 Å². The van der Waals surface area contributed by atoms with Gasteiger partial charge in [0.1, 0.15) is 6.61 Å². The Bertz CT molecular complexity index is 672. The van der Waals surface area contributed by atoms with Gasteiger partial charge in [-0.15, -0.1) is 0 Å². The molecular formula is C19H22N2O2. The van der Waals surface area contributed by atoms with Crippen LogP contribution in [-0.2, 0) is 11.3 Å². The normalized spacial score (nSPS) is 22.6. The number of fused-ring (bicyclic) bond motifs is 1. The number of hydrogen-bond donors (Lipinski definition) is 2. The van der Waals surface area contributed by atoms with Gasteiger partial charge in [-0.2, -0.15) is 0 Å². The Morgan fingerprint density at radius 2 is 1.78 bits per heavy atom. The monoisotopic (exact) mass is 310 g/mol. The number of benzene rings is 2. The van der Waals surface area contributed by atoms with Gasteiger partial charge in [-0.25, -0.2) is 4.79 Å². The molecule has 4 nitrogen and oxygen atoms in total. The molecule has 0 saturated heterocycles. The second kappa shape index (κ2) is 6.73. The second-order valence-electron chi connectivity index (χ2n) is 6.06. The van der Waals surface area contributed by atoms with Crippen LogP contribution in [0.15, 0.2) is 54.6 Å². The Balaban J connectivity index is 1.67. The molecule has 2 aromatic rings. The first-order chi connectivity index (χ1) is 11.1. The zero-order valence-corrected chi connectivity index (χ0v) is 13.5. The van der Waals surface area contributed by atoms with E-state index < -0.39 is 0 Å². The molecule has 2 N–H and O–H groups in total. The summed E-state index contributed by atoms with van der Waals surface area (Å²) in [5, 5.41) is 6.50. The molecule has 120 valence electrons. The summed E-state index contributed by atoms with van der Waals surface area (Å²) in [6.45, 7) is 4.55. The number of rotatable bonds is 3. The zero-order valence-electron chi connectivity index (χ0n) is 13.5. The summed E-state index contributed by atoms with van der Waals surface area (Å²) in [7, 11) is 0. The van der Waals surface area contributed by atoms with Crippen molar-refractivity contribution < 1.29 is 9.53 Å². The molecule has 1 heterocycles. The average molecular weight is 310 g/mol. The Morgan fingerprint density at radius 3 is 2.57 bits per heavy atom. The summed E-state index contributed by atoms with van der Waals surface area (Å²) in [4.78, 5) is 12.2. The van der Waals surface area contributed by atoms with Crippen molar-refractivity contribution in [2.45, 2.75) is 32.5 Å². The minimum absolute atomic E-state index is 0.0503. The van der Waals surface area contributed by atoms with Crippen LogP contribution in [0.4, 0.5) is 10.5 Å². The van der Waals surface area contributed by atoms with E-state index in [0.717, 1.165) is 16.8 Å². The second-order valence-corrected chi connectivity index (χ2v) is 6.06. The van der Waals surface area contributed by atoms with Crippen molar-refractivity contribution in [1.82, 2.24) is 5.32 Å². The summed E-state index contributed by atoms with van der Waals surface area (Å²) in [5.74, 6) is 0.272. The third kappa shape index (κ3) is 3.47. The van der Waals surface area contributed by atoms with E-state index in [1.54, 1.807) is 0 Å². The van der Waals surface area contributed by atoms with Crippen LogP contribution in [0.1, 0.15) is 31.0 Å². The molecule has 4 heteroatoms. The third-order valence-electron chi connectivity index (χ3n) is 4.48. The highest BCUT2D eigenvalue weighted by molar-refractivity contribution is 5.69. The van der Waals surface area contributed by atoms with E-state index >= 15 is 0 Å². The Kier molecular flexibility index (Phi) is 4.51. The molecule has 0 spiro atoms. The van der Waals surface area contributed by atoms with E-state index in [4.69, 9.17) is 4.74 Å². The Labute approximate surface area is 136 Å². The number of ether oxygens (including phenoxy) is 1. The lowest BCUT2D eigenvalue weighted by Crippen LogP contribution is -2.42. The molecule has 2 aromatic carbocycles. The van der Waals surface area contributed by atoms with Gasteiger partial charge in [-0.05, 0) is 24.1 Å². The van der Waals surface area contributed by atoms with Gasteiger partial charge in [-0.3, -0.25) is 0 Å². The lowest BCUT2D eigenvalue weighted by atomic mass is 9.84. The topological polar surface area (TPSA) is 50.4 Å². The van der Waals surface area contributed by atoms with Crippen LogP contribution in [0.5, 0.6) is 0 Å². The standard InChI is InChI=1S/C19H22N2O2/c1-13-14(2)20-17-11-7-6-10-16(17)18(13)21-19(22)23-12-15-8-4-3-5-9-15/h3-11,13-14,18,20H,12H2,1-2H3,(H,21,22)/t13-,14-,18+/m0/s1. The molecule has 0 aromatic heterocycles. The number of carbonyl (C=O) groups is 1. The maximum absolute atomic E-state index is 12.2. The van der Waals surface area contributed by atoms with Crippen LogP contribution in [0.3, 0.4) is 0 Å². The van der Waals surface area contributed by atoms with E-state index in [1.807, 2.05) is 54.6 Å². The van der Waals surface area contributed by atoms with Crippen LogP contribution in [-0.4, -0.2) is 12.1 Å². The molecule has 3 atom stereocenters. The first-order valence-electron chi connectivity index (χ1n) is 7.98. The minimum atomic E-state index is -0.380. The Hall–Kier alpha value is -2.49. The molecule has 0 aliphatic carbocycles. The maximum atomic E-state index is 12.2. The van der Waals surface area contributed by atoms with Crippen molar-refractivity contribution in [2.75, 3.05) is 5.32 Å². The molecule has 0 bridgehead atoms. The first-order valence-corrected chi connectivity index (χ1v) is 7.98. The number of alkyl carbamates (subject to hydrolysis) is 1. The predicted octanol–water partition coefficient (Wildman–Crippen LogP) is 4.10. The van der Waals surface area contributed by atoms with Crippen LogP contribution >= 0.6 is 0 Å². The van der Waals surface area contributed by atoms with Gasteiger partial charge in [0.25, 0.3) is 0 Å². The largest absolute Gasteiger partial charge is 0.445 e. The number of amides is 1. The molecule has 1 aliphatic heterocycles. The average Bonchev–Trinajstić information content (AvgIpc) is 2.58. The molecule has 0 saturated carbocycles.